The number of nitrogens with zero attached hydrogens (tertiary/aromatic N) is 2. The lowest BCUT2D eigenvalue weighted by molar-refractivity contribution is 0.0697. The largest absolute Gasteiger partial charge is 0.478 e. The van der Waals surface area contributed by atoms with Crippen LogP contribution in [0.4, 0.5) is 11.4 Å². The normalized spacial score (nSPS) is 18.6. The zero-order valence-corrected chi connectivity index (χ0v) is 17.3. The van der Waals surface area contributed by atoms with Crippen LogP contribution in [0, 0.1) is 0 Å². The predicted molar refractivity (Wildman–Crippen MR) is 113 cm³/mol. The number of carbonyl (C=O) groups is 1. The molecule has 0 spiro atoms. The average molecular weight is 405 g/mol. The Hall–Kier alpha value is -2.04. The number of rotatable bonds is 3. The highest BCUT2D eigenvalue weighted by Gasteiger charge is 2.34. The molecule has 2 aromatic carbocycles. The lowest BCUT2D eigenvalue weighted by atomic mass is 9.80. The van der Waals surface area contributed by atoms with Gasteiger partial charge in [0.05, 0.1) is 21.3 Å². The topological polar surface area (TPSA) is 52.9 Å². The van der Waals surface area contributed by atoms with Crippen LogP contribution in [0.1, 0.15) is 54.6 Å². The molecule has 3 rings (SSSR count). The molecule has 1 aliphatic rings. The molecule has 1 aliphatic heterocycles. The highest BCUT2D eigenvalue weighted by molar-refractivity contribution is 6.34. The van der Waals surface area contributed by atoms with Crippen molar-refractivity contribution in [3.05, 3.63) is 57.1 Å². The molecule has 142 valence electrons. The van der Waals surface area contributed by atoms with Gasteiger partial charge < -0.3 is 10.0 Å². The number of fused-ring (bicyclic) bond motifs is 1. The number of benzene rings is 2. The number of aliphatic imine (C=N–C) groups is 1. The van der Waals surface area contributed by atoms with Gasteiger partial charge in [0, 0.05) is 30.1 Å². The van der Waals surface area contributed by atoms with Crippen LogP contribution in [-0.4, -0.2) is 29.9 Å². The van der Waals surface area contributed by atoms with Crippen LogP contribution in [0.15, 0.2) is 35.3 Å². The summed E-state index contributed by atoms with van der Waals surface area (Å²) in [4.78, 5) is 17.8. The Balaban J connectivity index is 2.00. The fourth-order valence-corrected chi connectivity index (χ4v) is 3.96. The van der Waals surface area contributed by atoms with Crippen LogP contribution in [-0.2, 0) is 0 Å². The van der Waals surface area contributed by atoms with E-state index in [0.29, 0.717) is 21.7 Å². The smallest absolute Gasteiger partial charge is 0.335 e. The lowest BCUT2D eigenvalue weighted by Crippen LogP contribution is -2.45. The van der Waals surface area contributed by atoms with Crippen molar-refractivity contribution in [2.24, 2.45) is 4.99 Å². The van der Waals surface area contributed by atoms with E-state index in [1.54, 1.807) is 6.21 Å². The van der Waals surface area contributed by atoms with Crippen molar-refractivity contribution < 1.29 is 9.90 Å². The predicted octanol–water partition coefficient (Wildman–Crippen LogP) is 6.16. The summed E-state index contributed by atoms with van der Waals surface area (Å²) in [6, 6.07) is 8.48. The molecule has 6 heteroatoms. The molecule has 1 N–H and O–H groups in total. The van der Waals surface area contributed by atoms with Gasteiger partial charge in [0.25, 0.3) is 0 Å². The zero-order chi connectivity index (χ0) is 19.9. The first-order valence-corrected chi connectivity index (χ1v) is 9.50. The molecule has 4 nitrogen and oxygen atoms in total. The van der Waals surface area contributed by atoms with Gasteiger partial charge in [-0.15, -0.1) is 0 Å². The Bertz CT molecular complexity index is 938. The number of anilines is 1. The second kappa shape index (κ2) is 7.17. The molecule has 27 heavy (non-hydrogen) atoms. The van der Waals surface area contributed by atoms with Crippen molar-refractivity contribution >= 4 is 46.8 Å². The Morgan fingerprint density at radius 1 is 1.26 bits per heavy atom. The van der Waals surface area contributed by atoms with Gasteiger partial charge in [-0.1, -0.05) is 30.1 Å². The van der Waals surface area contributed by atoms with E-state index in [4.69, 9.17) is 28.3 Å². The fraction of sp³-hybridized carbons (Fsp3) is 0.333. The fourth-order valence-electron chi connectivity index (χ4n) is 3.59. The number of carboxylic acids is 1. The average Bonchev–Trinajstić information content (AvgIpc) is 2.59. The molecule has 0 amide bonds. The highest BCUT2D eigenvalue weighted by Crippen LogP contribution is 2.44. The summed E-state index contributed by atoms with van der Waals surface area (Å²) in [5.41, 5.74) is 3.75. The Labute approximate surface area is 169 Å². The first kappa shape index (κ1) is 19.7. The molecule has 0 aromatic heterocycles. The van der Waals surface area contributed by atoms with Crippen molar-refractivity contribution in [3.8, 4) is 0 Å². The van der Waals surface area contributed by atoms with E-state index in [1.165, 1.54) is 23.8 Å². The minimum atomic E-state index is -1.02. The van der Waals surface area contributed by atoms with Crippen LogP contribution in [0.3, 0.4) is 0 Å². The van der Waals surface area contributed by atoms with Crippen molar-refractivity contribution in [1.29, 1.82) is 0 Å². The number of carboxylic acid groups (broad SMARTS) is 1. The minimum absolute atomic E-state index is 0.0656. The van der Waals surface area contributed by atoms with E-state index in [9.17, 15) is 4.79 Å². The van der Waals surface area contributed by atoms with E-state index in [1.807, 2.05) is 6.07 Å². The monoisotopic (exact) mass is 404 g/mol. The molecular formula is C21H22Cl2N2O2. The lowest BCUT2D eigenvalue weighted by Gasteiger charge is -2.45. The van der Waals surface area contributed by atoms with E-state index in [0.717, 1.165) is 17.7 Å². The first-order valence-electron chi connectivity index (χ1n) is 8.74. The SMILES string of the molecule is CC1CC(C)(C)N(C)c2cc(Cl)c(C=Nc3cc(C(=O)O)ccc3Cl)cc21. The van der Waals surface area contributed by atoms with E-state index < -0.39 is 5.97 Å². The summed E-state index contributed by atoms with van der Waals surface area (Å²) in [6.45, 7) is 6.68. The maximum atomic E-state index is 11.2. The van der Waals surface area contributed by atoms with E-state index >= 15 is 0 Å². The third-order valence-corrected chi connectivity index (χ3v) is 5.93. The molecule has 0 fully saturated rings. The van der Waals surface area contributed by atoms with E-state index in [2.05, 4.69) is 43.8 Å². The minimum Gasteiger partial charge on any atom is -0.478 e. The Morgan fingerprint density at radius 2 is 1.96 bits per heavy atom. The van der Waals surface area contributed by atoms with Crippen LogP contribution in [0.25, 0.3) is 0 Å². The molecule has 0 aliphatic carbocycles. The summed E-state index contributed by atoms with van der Waals surface area (Å²) in [5, 5.41) is 10.1. The summed E-state index contributed by atoms with van der Waals surface area (Å²) in [7, 11) is 2.09. The molecule has 0 radical (unpaired) electrons. The van der Waals surface area contributed by atoms with Gasteiger partial charge in [0.1, 0.15) is 0 Å². The number of hydrogen-bond acceptors (Lipinski definition) is 3. The van der Waals surface area contributed by atoms with Crippen molar-refractivity contribution in [3.63, 3.8) is 0 Å². The summed E-state index contributed by atoms with van der Waals surface area (Å²) >= 11 is 12.7. The van der Waals surface area contributed by atoms with Gasteiger partial charge in [-0.05, 0) is 62.1 Å². The third kappa shape index (κ3) is 3.83. The number of hydrogen-bond donors (Lipinski definition) is 1. The second-order valence-corrected chi connectivity index (χ2v) is 8.45. The molecule has 1 atom stereocenters. The molecule has 0 bridgehead atoms. The zero-order valence-electron chi connectivity index (χ0n) is 15.8. The molecule has 1 unspecified atom stereocenters. The van der Waals surface area contributed by atoms with Crippen LogP contribution >= 0.6 is 23.2 Å². The number of aromatic carboxylic acids is 1. The maximum Gasteiger partial charge on any atom is 0.335 e. The molecule has 2 aromatic rings. The van der Waals surface area contributed by atoms with Crippen LogP contribution in [0.5, 0.6) is 0 Å². The first-order chi connectivity index (χ1) is 12.6. The summed E-state index contributed by atoms with van der Waals surface area (Å²) in [6.07, 6.45) is 2.68. The Kier molecular flexibility index (Phi) is 5.24. The summed E-state index contributed by atoms with van der Waals surface area (Å²) < 4.78 is 0. The van der Waals surface area contributed by atoms with Crippen molar-refractivity contribution in [1.82, 2.24) is 0 Å². The number of halogens is 2. The summed E-state index contributed by atoms with van der Waals surface area (Å²) in [5.74, 6) is -0.621. The highest BCUT2D eigenvalue weighted by atomic mass is 35.5. The van der Waals surface area contributed by atoms with Crippen LogP contribution in [0.2, 0.25) is 10.0 Å². The van der Waals surface area contributed by atoms with Crippen molar-refractivity contribution in [2.45, 2.75) is 38.6 Å². The van der Waals surface area contributed by atoms with Gasteiger partial charge in [0.2, 0.25) is 0 Å². The van der Waals surface area contributed by atoms with Crippen LogP contribution < -0.4 is 4.90 Å². The maximum absolute atomic E-state index is 11.2. The van der Waals surface area contributed by atoms with Gasteiger partial charge in [0.15, 0.2) is 0 Å². The molecule has 0 saturated carbocycles. The van der Waals surface area contributed by atoms with E-state index in [-0.39, 0.29) is 11.1 Å². The molecule has 1 heterocycles. The molecule has 0 saturated heterocycles. The third-order valence-electron chi connectivity index (χ3n) is 5.29. The van der Waals surface area contributed by atoms with Gasteiger partial charge in [-0.2, -0.15) is 0 Å². The molecular weight excluding hydrogens is 383 g/mol. The standard InChI is InChI=1S/C21H22Cl2N2O2/c1-12-10-21(2,3)25(4)19-9-17(23)14(7-15(12)19)11-24-18-8-13(20(26)27)5-6-16(18)22/h5-9,11-12H,10H2,1-4H3,(H,26,27). The van der Waals surface area contributed by atoms with Gasteiger partial charge in [-0.3, -0.25) is 4.99 Å². The second-order valence-electron chi connectivity index (χ2n) is 7.64. The van der Waals surface area contributed by atoms with Crippen molar-refractivity contribution in [2.75, 3.05) is 11.9 Å². The van der Waals surface area contributed by atoms with Gasteiger partial charge in [-0.25, -0.2) is 4.79 Å². The Morgan fingerprint density at radius 3 is 2.63 bits per heavy atom. The quantitative estimate of drug-likeness (QED) is 0.622. The van der Waals surface area contributed by atoms with Gasteiger partial charge >= 0.3 is 5.97 Å².